The molecule has 0 bridgehead atoms. The largest absolute Gasteiger partial charge is 0.495 e. The molecule has 26 heavy (non-hydrogen) atoms. The van der Waals surface area contributed by atoms with Gasteiger partial charge in [0.2, 0.25) is 0 Å². The van der Waals surface area contributed by atoms with Crippen LogP contribution in [0.3, 0.4) is 0 Å². The first kappa shape index (κ1) is 22.1. The number of nitrogens with one attached hydrogen (secondary N) is 1. The molecule has 2 aromatic rings. The molecule has 0 saturated heterocycles. The summed E-state index contributed by atoms with van der Waals surface area (Å²) in [6.07, 6.45) is 1.02. The minimum atomic E-state index is 0. The number of halogens is 1. The van der Waals surface area contributed by atoms with Gasteiger partial charge in [-0.3, -0.25) is 0 Å². The van der Waals surface area contributed by atoms with E-state index in [1.54, 1.807) is 7.11 Å². The zero-order chi connectivity index (χ0) is 18.1. The number of hydrogen-bond acceptors (Lipinski definition) is 3. The van der Waals surface area contributed by atoms with E-state index in [9.17, 15) is 0 Å². The molecule has 5 nitrogen and oxygen atoms in total. The van der Waals surface area contributed by atoms with Crippen molar-refractivity contribution >= 4 is 35.6 Å². The molecule has 0 atom stereocenters. The van der Waals surface area contributed by atoms with Crippen LogP contribution in [-0.2, 0) is 6.54 Å². The van der Waals surface area contributed by atoms with Crippen molar-refractivity contribution in [2.75, 3.05) is 19.0 Å². The fourth-order valence-corrected chi connectivity index (χ4v) is 2.28. The molecule has 0 aliphatic carbocycles. The first-order valence-electron chi connectivity index (χ1n) is 8.50. The lowest BCUT2D eigenvalue weighted by Gasteiger charge is -2.12. The SMILES string of the molecule is COc1ccccc1NC(N)=NCc1ccccc1OCCC(C)C.I. The van der Waals surface area contributed by atoms with Crippen molar-refractivity contribution in [1.82, 2.24) is 0 Å². The first-order chi connectivity index (χ1) is 12.1. The molecule has 3 N–H and O–H groups in total. The minimum Gasteiger partial charge on any atom is -0.495 e. The molecule has 0 aliphatic rings. The van der Waals surface area contributed by atoms with E-state index in [2.05, 4.69) is 24.2 Å². The summed E-state index contributed by atoms with van der Waals surface area (Å²) in [7, 11) is 1.62. The summed E-state index contributed by atoms with van der Waals surface area (Å²) in [5, 5.41) is 3.07. The summed E-state index contributed by atoms with van der Waals surface area (Å²) < 4.78 is 11.2. The standard InChI is InChI=1S/C20H27N3O2.HI/c1-15(2)12-13-25-18-10-6-4-8-16(18)14-22-20(21)23-17-9-5-7-11-19(17)24-3;/h4-11,15H,12-14H2,1-3H3,(H3,21,22,23);1H. The summed E-state index contributed by atoms with van der Waals surface area (Å²) in [5.74, 6) is 2.53. The molecule has 0 spiro atoms. The van der Waals surface area contributed by atoms with Gasteiger partial charge in [0.1, 0.15) is 11.5 Å². The Balaban J connectivity index is 0.00000338. The van der Waals surface area contributed by atoms with Crippen LogP contribution in [0.4, 0.5) is 5.69 Å². The van der Waals surface area contributed by atoms with E-state index < -0.39 is 0 Å². The topological polar surface area (TPSA) is 68.9 Å². The number of ether oxygens (including phenoxy) is 2. The summed E-state index contributed by atoms with van der Waals surface area (Å²) in [5.41, 5.74) is 7.80. The van der Waals surface area contributed by atoms with Crippen LogP contribution >= 0.6 is 24.0 Å². The monoisotopic (exact) mass is 469 g/mol. The minimum absolute atomic E-state index is 0. The Morgan fingerprint density at radius 2 is 1.73 bits per heavy atom. The maximum absolute atomic E-state index is 6.01. The van der Waals surface area contributed by atoms with E-state index in [0.29, 0.717) is 25.0 Å². The third-order valence-corrected chi connectivity index (χ3v) is 3.71. The average Bonchev–Trinajstić information content (AvgIpc) is 2.61. The van der Waals surface area contributed by atoms with Crippen molar-refractivity contribution in [2.45, 2.75) is 26.8 Å². The van der Waals surface area contributed by atoms with Gasteiger partial charge in [0, 0.05) is 5.56 Å². The van der Waals surface area contributed by atoms with E-state index >= 15 is 0 Å². The highest BCUT2D eigenvalue weighted by atomic mass is 127. The molecule has 0 saturated carbocycles. The van der Waals surface area contributed by atoms with Crippen molar-refractivity contribution in [2.24, 2.45) is 16.6 Å². The molecule has 0 aromatic heterocycles. The molecule has 0 aliphatic heterocycles. The fourth-order valence-electron chi connectivity index (χ4n) is 2.28. The Morgan fingerprint density at radius 3 is 2.42 bits per heavy atom. The summed E-state index contributed by atoms with van der Waals surface area (Å²) in [4.78, 5) is 4.42. The summed E-state index contributed by atoms with van der Waals surface area (Å²) in [6, 6.07) is 15.5. The second-order valence-corrected chi connectivity index (χ2v) is 6.17. The van der Waals surface area contributed by atoms with Gasteiger partial charge in [-0.15, -0.1) is 24.0 Å². The Hall–Kier alpha value is -1.96. The smallest absolute Gasteiger partial charge is 0.193 e. The van der Waals surface area contributed by atoms with Gasteiger partial charge >= 0.3 is 0 Å². The van der Waals surface area contributed by atoms with Crippen LogP contribution in [0.2, 0.25) is 0 Å². The highest BCUT2D eigenvalue weighted by Crippen LogP contribution is 2.23. The van der Waals surface area contributed by atoms with Gasteiger partial charge in [-0.1, -0.05) is 44.2 Å². The number of nitrogens with zero attached hydrogens (tertiary/aromatic N) is 1. The number of hydrogen-bond donors (Lipinski definition) is 2. The molecule has 0 fully saturated rings. The number of benzene rings is 2. The van der Waals surface area contributed by atoms with Gasteiger partial charge in [0.05, 0.1) is 25.9 Å². The van der Waals surface area contributed by atoms with E-state index in [1.165, 1.54) is 0 Å². The number of para-hydroxylation sites is 3. The Bertz CT molecular complexity index is 705. The van der Waals surface area contributed by atoms with Crippen molar-refractivity contribution in [1.29, 1.82) is 0 Å². The number of anilines is 1. The molecule has 0 amide bonds. The Morgan fingerprint density at radius 1 is 1.08 bits per heavy atom. The highest BCUT2D eigenvalue weighted by molar-refractivity contribution is 14.0. The molecule has 2 rings (SSSR count). The van der Waals surface area contributed by atoms with Crippen LogP contribution in [0.15, 0.2) is 53.5 Å². The molecule has 6 heteroatoms. The normalized spacial score (nSPS) is 11.0. The van der Waals surface area contributed by atoms with Gasteiger partial charge < -0.3 is 20.5 Å². The maximum atomic E-state index is 6.01. The van der Waals surface area contributed by atoms with Crippen LogP contribution < -0.4 is 20.5 Å². The molecule has 0 radical (unpaired) electrons. The average molecular weight is 469 g/mol. The number of rotatable bonds is 8. The number of nitrogens with two attached hydrogens (primary N) is 1. The van der Waals surface area contributed by atoms with Crippen LogP contribution in [-0.4, -0.2) is 19.7 Å². The predicted octanol–water partition coefficient (Wildman–Crippen LogP) is 4.66. The fraction of sp³-hybridized carbons (Fsp3) is 0.350. The molecular weight excluding hydrogens is 441 g/mol. The molecule has 142 valence electrons. The zero-order valence-electron chi connectivity index (χ0n) is 15.6. The number of aliphatic imine (C=N–C) groups is 1. The van der Waals surface area contributed by atoms with Gasteiger partial charge in [0.25, 0.3) is 0 Å². The quantitative estimate of drug-likeness (QED) is 0.335. The van der Waals surface area contributed by atoms with Crippen LogP contribution in [0, 0.1) is 5.92 Å². The molecular formula is C20H28IN3O2. The first-order valence-corrected chi connectivity index (χ1v) is 8.50. The lowest BCUT2D eigenvalue weighted by Crippen LogP contribution is -2.23. The Labute approximate surface area is 173 Å². The second-order valence-electron chi connectivity index (χ2n) is 6.17. The van der Waals surface area contributed by atoms with Gasteiger partial charge in [-0.05, 0) is 30.5 Å². The number of guanidine groups is 1. The molecule has 0 unspecified atom stereocenters. The lowest BCUT2D eigenvalue weighted by molar-refractivity contribution is 0.287. The third-order valence-electron chi connectivity index (χ3n) is 3.71. The van der Waals surface area contributed by atoms with Crippen molar-refractivity contribution in [3.8, 4) is 11.5 Å². The third kappa shape index (κ3) is 7.11. The van der Waals surface area contributed by atoms with Crippen molar-refractivity contribution in [3.05, 3.63) is 54.1 Å². The van der Waals surface area contributed by atoms with Crippen molar-refractivity contribution in [3.63, 3.8) is 0 Å². The van der Waals surface area contributed by atoms with Gasteiger partial charge in [-0.2, -0.15) is 0 Å². The summed E-state index contributed by atoms with van der Waals surface area (Å²) >= 11 is 0. The van der Waals surface area contributed by atoms with E-state index in [-0.39, 0.29) is 24.0 Å². The maximum Gasteiger partial charge on any atom is 0.193 e. The summed E-state index contributed by atoms with van der Waals surface area (Å²) in [6.45, 7) is 5.52. The van der Waals surface area contributed by atoms with Gasteiger partial charge in [0.15, 0.2) is 5.96 Å². The van der Waals surface area contributed by atoms with E-state index in [1.807, 2.05) is 48.5 Å². The second kappa shape index (κ2) is 11.6. The highest BCUT2D eigenvalue weighted by Gasteiger charge is 2.05. The van der Waals surface area contributed by atoms with E-state index in [4.69, 9.17) is 15.2 Å². The lowest BCUT2D eigenvalue weighted by atomic mass is 10.1. The van der Waals surface area contributed by atoms with Crippen LogP contribution in [0.25, 0.3) is 0 Å². The van der Waals surface area contributed by atoms with Gasteiger partial charge in [-0.25, -0.2) is 4.99 Å². The molecule has 0 heterocycles. The number of methoxy groups -OCH3 is 1. The van der Waals surface area contributed by atoms with E-state index in [0.717, 1.165) is 29.2 Å². The zero-order valence-corrected chi connectivity index (χ0v) is 17.9. The van der Waals surface area contributed by atoms with Crippen LogP contribution in [0.1, 0.15) is 25.8 Å². The predicted molar refractivity (Wildman–Crippen MR) is 119 cm³/mol. The molecule has 2 aromatic carbocycles. The van der Waals surface area contributed by atoms with Crippen LogP contribution in [0.5, 0.6) is 11.5 Å². The Kier molecular flexibility index (Phi) is 9.87. The van der Waals surface area contributed by atoms with Crippen molar-refractivity contribution < 1.29 is 9.47 Å².